The van der Waals surface area contributed by atoms with Crippen LogP contribution in [0.2, 0.25) is 0 Å². The molecule has 0 saturated carbocycles. The largest absolute Gasteiger partial charge is 0.480 e. The molecule has 6 N–H and O–H groups in total. The summed E-state index contributed by atoms with van der Waals surface area (Å²) in [6.07, 6.45) is 0. The number of nitrogen functional groups attached to an aromatic ring is 1. The molecule has 5 rings (SSSR count). The van der Waals surface area contributed by atoms with Crippen LogP contribution >= 0.6 is 0 Å². The Morgan fingerprint density at radius 1 is 1.08 bits per heavy atom. The molecule has 2 aromatic carbocycles. The summed E-state index contributed by atoms with van der Waals surface area (Å²) in [7, 11) is 0. The summed E-state index contributed by atoms with van der Waals surface area (Å²) in [5.74, 6) is -0.474. The molecule has 37 heavy (non-hydrogen) atoms. The zero-order valence-electron chi connectivity index (χ0n) is 20.4. The van der Waals surface area contributed by atoms with Gasteiger partial charge in [-0.25, -0.2) is 14.8 Å². The van der Waals surface area contributed by atoms with Crippen molar-refractivity contribution in [1.29, 1.82) is 0 Å². The van der Waals surface area contributed by atoms with Crippen LogP contribution in [-0.4, -0.2) is 56.1 Å². The normalized spacial score (nSPS) is 12.1. The third kappa shape index (κ3) is 4.81. The maximum atomic E-state index is 13.1. The summed E-state index contributed by atoms with van der Waals surface area (Å²) < 4.78 is 0. The molecule has 0 spiro atoms. The molecule has 0 radical (unpaired) electrons. The summed E-state index contributed by atoms with van der Waals surface area (Å²) >= 11 is 0. The highest BCUT2D eigenvalue weighted by Gasteiger charge is 2.24. The maximum Gasteiger partial charge on any atom is 0.328 e. The van der Waals surface area contributed by atoms with Crippen LogP contribution in [0, 0.1) is 6.92 Å². The number of fused-ring (bicyclic) bond motifs is 2. The minimum Gasteiger partial charge on any atom is -0.480 e. The number of H-pyrrole nitrogens is 2. The standard InChI is InChI=1S/C27H27N7O3/c1-3-34(18-7-5-4-6-8-18)14-22(27(36)37)32-26(35)16-9-10-20-17(11-16)12-21(31-20)19-13-23(28)33-25-24(19)29-15(2)30-25/h4-13,22,31H,3,14H2,1-2H3,(H,32,35)(H,36,37)(H3,28,29,30,33). The number of rotatable bonds is 8. The molecular formula is C27H27N7O3. The van der Waals surface area contributed by atoms with Crippen molar-refractivity contribution in [1.82, 2.24) is 25.3 Å². The molecule has 0 saturated heterocycles. The third-order valence-corrected chi connectivity index (χ3v) is 6.28. The molecule has 1 amide bonds. The van der Waals surface area contributed by atoms with Crippen molar-refractivity contribution in [2.45, 2.75) is 19.9 Å². The van der Waals surface area contributed by atoms with E-state index in [1.165, 1.54) is 0 Å². The Hall–Kier alpha value is -4.86. The van der Waals surface area contributed by atoms with E-state index in [9.17, 15) is 14.7 Å². The topological polar surface area (TPSA) is 153 Å². The fraction of sp³-hybridized carbons (Fsp3) is 0.185. The highest BCUT2D eigenvalue weighted by molar-refractivity contribution is 6.01. The lowest BCUT2D eigenvalue weighted by Gasteiger charge is -2.27. The number of para-hydroxylation sites is 1. The van der Waals surface area contributed by atoms with E-state index in [2.05, 4.69) is 25.3 Å². The van der Waals surface area contributed by atoms with Gasteiger partial charge in [0.05, 0.1) is 5.52 Å². The average molecular weight is 498 g/mol. The van der Waals surface area contributed by atoms with Gasteiger partial charge in [-0.2, -0.15) is 0 Å². The Bertz CT molecular complexity index is 1610. The number of hydrogen-bond acceptors (Lipinski definition) is 6. The zero-order valence-corrected chi connectivity index (χ0v) is 20.4. The van der Waals surface area contributed by atoms with Crippen molar-refractivity contribution in [2.75, 3.05) is 23.7 Å². The molecule has 0 aliphatic carbocycles. The molecule has 1 atom stereocenters. The number of aromatic nitrogens is 4. The number of carboxylic acids is 1. The Balaban J connectivity index is 1.40. The van der Waals surface area contributed by atoms with Crippen molar-refractivity contribution in [3.63, 3.8) is 0 Å². The average Bonchev–Trinajstić information content (AvgIpc) is 3.48. The lowest BCUT2D eigenvalue weighted by atomic mass is 10.1. The SMILES string of the molecule is CCN(CC(NC(=O)c1ccc2[nH]c(-c3cc(N)nc4nc(C)[nH]c34)cc2c1)C(=O)O)c1ccccc1. The molecule has 3 heterocycles. The van der Waals surface area contributed by atoms with Crippen LogP contribution in [-0.2, 0) is 4.79 Å². The van der Waals surface area contributed by atoms with Crippen LogP contribution < -0.4 is 16.0 Å². The number of imidazole rings is 1. The van der Waals surface area contributed by atoms with Crippen LogP contribution in [0.1, 0.15) is 23.1 Å². The second-order valence-corrected chi connectivity index (χ2v) is 8.84. The molecule has 0 bridgehead atoms. The van der Waals surface area contributed by atoms with Gasteiger partial charge in [-0.05, 0) is 56.3 Å². The number of carbonyl (C=O) groups is 2. The number of nitrogens with one attached hydrogen (secondary N) is 3. The summed E-state index contributed by atoms with van der Waals surface area (Å²) in [5.41, 5.74) is 11.0. The van der Waals surface area contributed by atoms with Crippen molar-refractivity contribution in [2.24, 2.45) is 0 Å². The summed E-state index contributed by atoms with van der Waals surface area (Å²) in [6, 6.07) is 17.3. The van der Waals surface area contributed by atoms with Crippen LogP contribution in [0.4, 0.5) is 11.5 Å². The first kappa shape index (κ1) is 23.9. The highest BCUT2D eigenvalue weighted by atomic mass is 16.4. The van der Waals surface area contributed by atoms with Gasteiger partial charge in [0.15, 0.2) is 5.65 Å². The number of anilines is 2. The van der Waals surface area contributed by atoms with Crippen molar-refractivity contribution in [3.8, 4) is 11.3 Å². The minimum absolute atomic E-state index is 0.140. The second kappa shape index (κ2) is 9.65. The van der Waals surface area contributed by atoms with E-state index in [0.717, 1.165) is 39.2 Å². The molecule has 10 heteroatoms. The number of nitrogens with zero attached hydrogens (tertiary/aromatic N) is 3. The zero-order chi connectivity index (χ0) is 26.1. The number of benzene rings is 2. The summed E-state index contributed by atoms with van der Waals surface area (Å²) in [6.45, 7) is 4.53. The van der Waals surface area contributed by atoms with Gasteiger partial charge in [0.1, 0.15) is 17.7 Å². The van der Waals surface area contributed by atoms with Gasteiger partial charge in [0.2, 0.25) is 0 Å². The van der Waals surface area contributed by atoms with E-state index in [0.29, 0.717) is 23.6 Å². The molecule has 10 nitrogen and oxygen atoms in total. The molecule has 5 aromatic rings. The first-order chi connectivity index (χ1) is 17.8. The number of likely N-dealkylation sites (N-methyl/N-ethyl adjacent to an activating group) is 1. The van der Waals surface area contributed by atoms with Gasteiger partial charge in [0.25, 0.3) is 5.91 Å². The van der Waals surface area contributed by atoms with Gasteiger partial charge < -0.3 is 31.0 Å². The monoisotopic (exact) mass is 497 g/mol. The molecule has 0 fully saturated rings. The molecule has 1 unspecified atom stereocenters. The maximum absolute atomic E-state index is 13.1. The number of aliphatic carboxylic acids is 1. The summed E-state index contributed by atoms with van der Waals surface area (Å²) in [4.78, 5) is 42.2. The number of carboxylic acid groups (broad SMARTS) is 1. The van der Waals surface area contributed by atoms with Gasteiger partial charge in [-0.15, -0.1) is 0 Å². The van der Waals surface area contributed by atoms with Crippen LogP contribution in [0.15, 0.2) is 60.7 Å². The highest BCUT2D eigenvalue weighted by Crippen LogP contribution is 2.30. The number of hydrogen-bond donors (Lipinski definition) is 5. The molecule has 0 aliphatic rings. The van der Waals surface area contributed by atoms with E-state index in [1.54, 1.807) is 24.3 Å². The Morgan fingerprint density at radius 2 is 1.86 bits per heavy atom. The number of nitrogens with two attached hydrogens (primary N) is 1. The summed E-state index contributed by atoms with van der Waals surface area (Å²) in [5, 5.41) is 13.3. The Labute approximate surface area is 212 Å². The Kier molecular flexibility index (Phi) is 6.22. The second-order valence-electron chi connectivity index (χ2n) is 8.84. The van der Waals surface area contributed by atoms with Gasteiger partial charge in [-0.1, -0.05) is 18.2 Å². The Morgan fingerprint density at radius 3 is 2.59 bits per heavy atom. The fourth-order valence-corrected chi connectivity index (χ4v) is 4.46. The van der Waals surface area contributed by atoms with Crippen LogP contribution in [0.25, 0.3) is 33.3 Å². The predicted molar refractivity (Wildman–Crippen MR) is 144 cm³/mol. The lowest BCUT2D eigenvalue weighted by Crippen LogP contribution is -2.48. The molecular weight excluding hydrogens is 470 g/mol. The molecule has 0 aliphatic heterocycles. The smallest absolute Gasteiger partial charge is 0.328 e. The van der Waals surface area contributed by atoms with E-state index in [4.69, 9.17) is 5.73 Å². The number of aromatic amines is 2. The van der Waals surface area contributed by atoms with Crippen molar-refractivity contribution in [3.05, 3.63) is 72.1 Å². The number of aryl methyl sites for hydroxylation is 1. The minimum atomic E-state index is -1.10. The van der Waals surface area contributed by atoms with E-state index in [-0.39, 0.29) is 6.54 Å². The number of amides is 1. The predicted octanol–water partition coefficient (Wildman–Crippen LogP) is 3.71. The van der Waals surface area contributed by atoms with Crippen molar-refractivity contribution < 1.29 is 14.7 Å². The number of carbonyl (C=O) groups excluding carboxylic acids is 1. The van der Waals surface area contributed by atoms with Gasteiger partial charge >= 0.3 is 5.97 Å². The fourth-order valence-electron chi connectivity index (χ4n) is 4.46. The van der Waals surface area contributed by atoms with Crippen molar-refractivity contribution >= 4 is 45.4 Å². The lowest BCUT2D eigenvalue weighted by molar-refractivity contribution is -0.139. The van der Waals surface area contributed by atoms with E-state index in [1.807, 2.05) is 55.1 Å². The van der Waals surface area contributed by atoms with Gasteiger partial charge in [0, 0.05) is 46.5 Å². The number of pyridine rings is 1. The van der Waals surface area contributed by atoms with Gasteiger partial charge in [-0.3, -0.25) is 4.79 Å². The third-order valence-electron chi connectivity index (χ3n) is 6.28. The first-order valence-electron chi connectivity index (χ1n) is 11.9. The van der Waals surface area contributed by atoms with E-state index >= 15 is 0 Å². The van der Waals surface area contributed by atoms with E-state index < -0.39 is 17.9 Å². The quantitative estimate of drug-likeness (QED) is 0.219. The molecule has 3 aromatic heterocycles. The molecule has 188 valence electrons. The first-order valence-corrected chi connectivity index (χ1v) is 11.9. The van der Waals surface area contributed by atoms with Crippen LogP contribution in [0.3, 0.4) is 0 Å². The van der Waals surface area contributed by atoms with Crippen LogP contribution in [0.5, 0.6) is 0 Å².